The van der Waals surface area contributed by atoms with Crippen LogP contribution in [0.3, 0.4) is 0 Å². The van der Waals surface area contributed by atoms with Crippen molar-refractivity contribution >= 4 is 22.6 Å². The summed E-state index contributed by atoms with van der Waals surface area (Å²) in [5.41, 5.74) is 3.30. The number of hydrogen-bond donors (Lipinski definition) is 0. The highest BCUT2D eigenvalue weighted by Crippen LogP contribution is 2.34. The largest absolute Gasteiger partial charge is 0.491 e. The lowest BCUT2D eigenvalue weighted by Gasteiger charge is -2.18. The Bertz CT molecular complexity index is 1280. The average molecular weight is 429 g/mol. The molecule has 0 spiro atoms. The van der Waals surface area contributed by atoms with Gasteiger partial charge in [-0.1, -0.05) is 42.5 Å². The number of nitrogens with zero attached hydrogens (tertiary/aromatic N) is 3. The van der Waals surface area contributed by atoms with E-state index in [2.05, 4.69) is 4.57 Å². The number of amides is 1. The van der Waals surface area contributed by atoms with Gasteiger partial charge in [0, 0.05) is 18.9 Å². The predicted octanol–water partition coefficient (Wildman–Crippen LogP) is 5.08. The standard InChI is InChI=1S/C26H24FN3O2/c1-18-8-2-7-13-24(18)32-15-14-29-23-12-6-4-10-21(23)28-26(29)19-16-25(31)30(17-19)22-11-5-3-9-20(22)27/h2-13,19H,14-17H2,1H3. The van der Waals surface area contributed by atoms with Crippen molar-refractivity contribution in [1.29, 1.82) is 0 Å². The van der Waals surface area contributed by atoms with Crippen molar-refractivity contribution in [3.63, 3.8) is 0 Å². The second-order valence-corrected chi connectivity index (χ2v) is 8.08. The predicted molar refractivity (Wildman–Crippen MR) is 123 cm³/mol. The minimum absolute atomic E-state index is 0.0881. The number of halogens is 1. The van der Waals surface area contributed by atoms with Gasteiger partial charge in [0.25, 0.3) is 0 Å². The lowest BCUT2D eigenvalue weighted by atomic mass is 10.1. The molecular formula is C26H24FN3O2. The van der Waals surface area contributed by atoms with Crippen LogP contribution < -0.4 is 9.64 Å². The lowest BCUT2D eigenvalue weighted by molar-refractivity contribution is -0.117. The number of benzene rings is 3. The highest BCUT2D eigenvalue weighted by molar-refractivity contribution is 5.96. The summed E-state index contributed by atoms with van der Waals surface area (Å²) in [5, 5.41) is 0. The van der Waals surface area contributed by atoms with Gasteiger partial charge in [-0.05, 0) is 42.8 Å². The highest BCUT2D eigenvalue weighted by atomic mass is 19.1. The zero-order valence-electron chi connectivity index (χ0n) is 17.9. The van der Waals surface area contributed by atoms with Crippen LogP contribution in [-0.4, -0.2) is 28.6 Å². The molecule has 162 valence electrons. The first-order valence-corrected chi connectivity index (χ1v) is 10.8. The van der Waals surface area contributed by atoms with Crippen molar-refractivity contribution < 1.29 is 13.9 Å². The molecule has 1 fully saturated rings. The molecule has 0 aliphatic carbocycles. The smallest absolute Gasteiger partial charge is 0.227 e. The maximum absolute atomic E-state index is 14.3. The molecule has 1 saturated heterocycles. The molecule has 1 atom stereocenters. The molecule has 0 bridgehead atoms. The zero-order valence-corrected chi connectivity index (χ0v) is 17.9. The Kier molecular flexibility index (Phi) is 5.35. The third-order valence-electron chi connectivity index (χ3n) is 5.98. The molecule has 5 nitrogen and oxygen atoms in total. The number of anilines is 1. The highest BCUT2D eigenvalue weighted by Gasteiger charge is 2.35. The van der Waals surface area contributed by atoms with Crippen LogP contribution in [0.25, 0.3) is 11.0 Å². The van der Waals surface area contributed by atoms with Gasteiger partial charge in [-0.25, -0.2) is 9.37 Å². The number of rotatable bonds is 6. The molecule has 1 amide bonds. The molecule has 1 aliphatic heterocycles. The van der Waals surface area contributed by atoms with Crippen LogP contribution >= 0.6 is 0 Å². The van der Waals surface area contributed by atoms with Crippen LogP contribution in [0.15, 0.2) is 72.8 Å². The molecule has 2 heterocycles. The van der Waals surface area contributed by atoms with Crippen LogP contribution in [0.4, 0.5) is 10.1 Å². The number of para-hydroxylation sites is 4. The number of aromatic nitrogens is 2. The maximum Gasteiger partial charge on any atom is 0.227 e. The summed E-state index contributed by atoms with van der Waals surface area (Å²) in [6.07, 6.45) is 0.302. The summed E-state index contributed by atoms with van der Waals surface area (Å²) in [6.45, 7) is 3.51. The van der Waals surface area contributed by atoms with Crippen LogP contribution in [0.5, 0.6) is 5.75 Å². The Morgan fingerprint density at radius 3 is 2.62 bits per heavy atom. The summed E-state index contributed by atoms with van der Waals surface area (Å²) in [5.74, 6) is 1.11. The molecule has 1 unspecified atom stereocenters. The van der Waals surface area contributed by atoms with Crippen molar-refractivity contribution in [2.45, 2.75) is 25.8 Å². The molecule has 0 radical (unpaired) electrons. The Balaban J connectivity index is 1.42. The molecule has 32 heavy (non-hydrogen) atoms. The fourth-order valence-corrected chi connectivity index (χ4v) is 4.39. The summed E-state index contributed by atoms with van der Waals surface area (Å²) < 4.78 is 22.5. The van der Waals surface area contributed by atoms with Gasteiger partial charge in [-0.2, -0.15) is 0 Å². The maximum atomic E-state index is 14.3. The molecule has 0 N–H and O–H groups in total. The second-order valence-electron chi connectivity index (χ2n) is 8.08. The zero-order chi connectivity index (χ0) is 22.1. The van der Waals surface area contributed by atoms with Crippen molar-refractivity contribution in [1.82, 2.24) is 9.55 Å². The number of aryl methyl sites for hydroxylation is 1. The topological polar surface area (TPSA) is 47.4 Å². The first-order valence-electron chi connectivity index (χ1n) is 10.8. The Morgan fingerprint density at radius 1 is 1.03 bits per heavy atom. The number of ether oxygens (including phenoxy) is 1. The van der Waals surface area contributed by atoms with Gasteiger partial charge >= 0.3 is 0 Å². The SMILES string of the molecule is Cc1ccccc1OCCn1c(C2CC(=O)N(c3ccccc3F)C2)nc2ccccc21. The van der Waals surface area contributed by atoms with E-state index in [0.717, 1.165) is 28.2 Å². The van der Waals surface area contributed by atoms with Gasteiger partial charge in [0.05, 0.1) is 23.3 Å². The molecular weight excluding hydrogens is 405 g/mol. The average Bonchev–Trinajstić information content (AvgIpc) is 3.36. The van der Waals surface area contributed by atoms with Crippen molar-refractivity contribution in [2.24, 2.45) is 0 Å². The Morgan fingerprint density at radius 2 is 1.78 bits per heavy atom. The van der Waals surface area contributed by atoms with Gasteiger partial charge in [-0.3, -0.25) is 4.79 Å². The normalized spacial score (nSPS) is 16.1. The van der Waals surface area contributed by atoms with Gasteiger partial charge in [0.15, 0.2) is 0 Å². The molecule has 6 heteroatoms. The number of fused-ring (bicyclic) bond motifs is 1. The summed E-state index contributed by atoms with van der Waals surface area (Å²) >= 11 is 0. The minimum Gasteiger partial charge on any atom is -0.491 e. The van der Waals surface area contributed by atoms with E-state index in [1.165, 1.54) is 11.0 Å². The Hall–Kier alpha value is -3.67. The summed E-state index contributed by atoms with van der Waals surface area (Å²) in [7, 11) is 0. The summed E-state index contributed by atoms with van der Waals surface area (Å²) in [4.78, 5) is 19.2. The van der Waals surface area contributed by atoms with Crippen molar-refractivity contribution in [3.05, 3.63) is 90.0 Å². The van der Waals surface area contributed by atoms with Crippen LogP contribution in [-0.2, 0) is 11.3 Å². The molecule has 5 rings (SSSR count). The van der Waals surface area contributed by atoms with Gasteiger partial charge < -0.3 is 14.2 Å². The van der Waals surface area contributed by atoms with Gasteiger partial charge in [-0.15, -0.1) is 0 Å². The number of hydrogen-bond acceptors (Lipinski definition) is 3. The van der Waals surface area contributed by atoms with E-state index in [1.807, 2.05) is 55.5 Å². The van der Waals surface area contributed by atoms with E-state index in [0.29, 0.717) is 31.8 Å². The second kappa shape index (κ2) is 8.46. The first-order chi connectivity index (χ1) is 15.6. The first kappa shape index (κ1) is 20.2. The third kappa shape index (κ3) is 3.73. The molecule has 4 aromatic rings. The van der Waals surface area contributed by atoms with Gasteiger partial charge in [0.2, 0.25) is 5.91 Å². The number of imidazole rings is 1. The van der Waals surface area contributed by atoms with Crippen LogP contribution in [0.1, 0.15) is 23.7 Å². The number of carbonyl (C=O) groups excluding carboxylic acids is 1. The molecule has 1 aliphatic rings. The van der Waals surface area contributed by atoms with Crippen molar-refractivity contribution in [3.8, 4) is 5.75 Å². The molecule has 0 saturated carbocycles. The van der Waals surface area contributed by atoms with E-state index in [9.17, 15) is 9.18 Å². The van der Waals surface area contributed by atoms with Gasteiger partial charge in [0.1, 0.15) is 24.0 Å². The van der Waals surface area contributed by atoms with Crippen LogP contribution in [0, 0.1) is 12.7 Å². The van der Waals surface area contributed by atoms with E-state index in [4.69, 9.17) is 9.72 Å². The van der Waals surface area contributed by atoms with Crippen LogP contribution in [0.2, 0.25) is 0 Å². The third-order valence-corrected chi connectivity index (χ3v) is 5.98. The monoisotopic (exact) mass is 429 g/mol. The minimum atomic E-state index is -0.387. The van der Waals surface area contributed by atoms with E-state index in [-0.39, 0.29) is 17.6 Å². The van der Waals surface area contributed by atoms with E-state index < -0.39 is 0 Å². The lowest BCUT2D eigenvalue weighted by Crippen LogP contribution is -2.25. The number of carbonyl (C=O) groups is 1. The molecule has 1 aromatic heterocycles. The van der Waals surface area contributed by atoms with E-state index in [1.54, 1.807) is 18.2 Å². The fraction of sp³-hybridized carbons (Fsp3) is 0.231. The van der Waals surface area contributed by atoms with E-state index >= 15 is 0 Å². The van der Waals surface area contributed by atoms with Crippen molar-refractivity contribution in [2.75, 3.05) is 18.1 Å². The molecule has 3 aromatic carbocycles. The fourth-order valence-electron chi connectivity index (χ4n) is 4.39. The summed E-state index contributed by atoms with van der Waals surface area (Å²) in [6, 6.07) is 22.3. The quantitative estimate of drug-likeness (QED) is 0.429. The Labute approximate surface area is 186 Å².